The van der Waals surface area contributed by atoms with Gasteiger partial charge in [0.05, 0.1) is 35.6 Å². The minimum atomic E-state index is -3.73. The predicted molar refractivity (Wildman–Crippen MR) is 203 cm³/mol. The second-order valence-electron chi connectivity index (χ2n) is 12.2. The molecule has 0 unspecified atom stereocenters. The summed E-state index contributed by atoms with van der Waals surface area (Å²) in [5.74, 6) is 0.705. The SMILES string of the molecule is O=P1(NCc2ccco2)N(c2cccc3cccc(-c4ccccc4)c23)c2ccccc2N1c1cccc2cccc(-c3ccccc3)c12. The number of nitrogens with one attached hydrogen (secondary N) is 1. The first-order valence-electron chi connectivity index (χ1n) is 16.4. The second kappa shape index (κ2) is 12.0. The number of anilines is 4. The van der Waals surface area contributed by atoms with Crippen molar-refractivity contribution in [3.8, 4) is 22.3 Å². The summed E-state index contributed by atoms with van der Waals surface area (Å²) in [5.41, 5.74) is 7.83. The molecule has 1 aliphatic rings. The Kier molecular flexibility index (Phi) is 7.16. The number of hydrogen-bond acceptors (Lipinski definition) is 2. The van der Waals surface area contributed by atoms with E-state index in [2.05, 4.69) is 139 Å². The van der Waals surface area contributed by atoms with Crippen molar-refractivity contribution < 1.29 is 8.98 Å². The molecule has 0 fully saturated rings. The summed E-state index contributed by atoms with van der Waals surface area (Å²) in [5, 5.41) is 7.79. The Morgan fingerprint density at radius 1 is 0.469 bits per heavy atom. The number of furan rings is 1. The first-order chi connectivity index (χ1) is 24.2. The van der Waals surface area contributed by atoms with Crippen molar-refractivity contribution in [2.75, 3.05) is 9.34 Å². The smallest absolute Gasteiger partial charge is 0.342 e. The van der Waals surface area contributed by atoms with E-state index in [0.29, 0.717) is 5.76 Å². The van der Waals surface area contributed by atoms with Gasteiger partial charge in [-0.3, -0.25) is 13.9 Å². The maximum atomic E-state index is 16.5. The molecule has 0 saturated carbocycles. The lowest BCUT2D eigenvalue weighted by Crippen LogP contribution is -2.29. The molecule has 8 aromatic rings. The highest BCUT2D eigenvalue weighted by Crippen LogP contribution is 2.70. The molecule has 5 nitrogen and oxygen atoms in total. The lowest BCUT2D eigenvalue weighted by Gasteiger charge is -2.34. The van der Waals surface area contributed by atoms with Gasteiger partial charge in [-0.05, 0) is 69.4 Å². The lowest BCUT2D eigenvalue weighted by molar-refractivity contribution is 0.498. The van der Waals surface area contributed by atoms with E-state index in [1.165, 1.54) is 0 Å². The maximum absolute atomic E-state index is 16.5. The molecular formula is C43H32N3O2P. The highest BCUT2D eigenvalue weighted by atomic mass is 31.2. The fourth-order valence-electron chi connectivity index (χ4n) is 7.20. The van der Waals surface area contributed by atoms with Crippen molar-refractivity contribution in [1.82, 2.24) is 5.09 Å². The van der Waals surface area contributed by atoms with E-state index < -0.39 is 7.59 Å². The minimum absolute atomic E-state index is 0.276. The van der Waals surface area contributed by atoms with Crippen LogP contribution in [0.1, 0.15) is 5.76 Å². The summed E-state index contributed by atoms with van der Waals surface area (Å²) in [7, 11) is -3.73. The fourth-order valence-corrected chi connectivity index (χ4v) is 9.87. The molecule has 0 saturated heterocycles. The van der Waals surface area contributed by atoms with Gasteiger partial charge >= 0.3 is 7.59 Å². The van der Waals surface area contributed by atoms with Gasteiger partial charge in [0, 0.05) is 10.8 Å². The Balaban J connectivity index is 1.34. The average molecular weight is 654 g/mol. The zero-order valence-electron chi connectivity index (χ0n) is 26.6. The Bertz CT molecular complexity index is 2330. The van der Waals surface area contributed by atoms with Gasteiger partial charge in [0.25, 0.3) is 0 Å². The van der Waals surface area contributed by atoms with Crippen LogP contribution < -0.4 is 14.4 Å². The van der Waals surface area contributed by atoms with Gasteiger partial charge < -0.3 is 4.42 Å². The third-order valence-electron chi connectivity index (χ3n) is 9.31. The van der Waals surface area contributed by atoms with E-state index in [4.69, 9.17) is 4.42 Å². The Labute approximate surface area is 285 Å². The molecule has 2 heterocycles. The fraction of sp³-hybridized carbons (Fsp3) is 0.0233. The number of hydrogen-bond donors (Lipinski definition) is 1. The van der Waals surface area contributed by atoms with Crippen molar-refractivity contribution in [3.05, 3.63) is 182 Å². The van der Waals surface area contributed by atoms with Crippen LogP contribution in [-0.2, 0) is 11.1 Å². The van der Waals surface area contributed by atoms with Crippen molar-refractivity contribution in [3.63, 3.8) is 0 Å². The van der Waals surface area contributed by atoms with Crippen LogP contribution in [0, 0.1) is 0 Å². The van der Waals surface area contributed by atoms with Crippen LogP contribution in [0.15, 0.2) is 181 Å². The second-order valence-corrected chi connectivity index (χ2v) is 14.4. The summed E-state index contributed by atoms with van der Waals surface area (Å²) >= 11 is 0. The normalized spacial score (nSPS) is 13.6. The predicted octanol–water partition coefficient (Wildman–Crippen LogP) is 12.1. The van der Waals surface area contributed by atoms with E-state index in [1.54, 1.807) is 6.26 Å². The molecule has 7 aromatic carbocycles. The largest absolute Gasteiger partial charge is 0.468 e. The van der Waals surface area contributed by atoms with Gasteiger partial charge in [-0.25, -0.2) is 5.09 Å². The van der Waals surface area contributed by atoms with Gasteiger partial charge in [0.2, 0.25) is 0 Å². The number of rotatable bonds is 7. The first-order valence-corrected chi connectivity index (χ1v) is 18.0. The van der Waals surface area contributed by atoms with E-state index >= 15 is 4.57 Å². The van der Waals surface area contributed by atoms with Crippen LogP contribution in [-0.4, -0.2) is 0 Å². The summed E-state index contributed by atoms with van der Waals surface area (Å²) < 4.78 is 26.4. The zero-order valence-corrected chi connectivity index (χ0v) is 27.5. The van der Waals surface area contributed by atoms with Gasteiger partial charge in [-0.1, -0.05) is 133 Å². The molecule has 1 aliphatic heterocycles. The van der Waals surface area contributed by atoms with E-state index in [0.717, 1.165) is 66.5 Å². The van der Waals surface area contributed by atoms with Crippen molar-refractivity contribution in [2.24, 2.45) is 0 Å². The Morgan fingerprint density at radius 2 is 0.918 bits per heavy atom. The van der Waals surface area contributed by atoms with Crippen LogP contribution >= 0.6 is 7.59 Å². The van der Waals surface area contributed by atoms with Crippen LogP contribution in [0.5, 0.6) is 0 Å². The highest BCUT2D eigenvalue weighted by molar-refractivity contribution is 7.66. The summed E-state index contributed by atoms with van der Waals surface area (Å²) in [4.78, 5) is 0. The van der Waals surface area contributed by atoms with Crippen molar-refractivity contribution in [1.29, 1.82) is 0 Å². The Morgan fingerprint density at radius 3 is 1.39 bits per heavy atom. The molecule has 0 radical (unpaired) electrons. The molecule has 0 aliphatic carbocycles. The molecule has 1 N–H and O–H groups in total. The molecule has 6 heteroatoms. The molecule has 0 amide bonds. The van der Waals surface area contributed by atoms with Crippen LogP contribution in [0.3, 0.4) is 0 Å². The summed E-state index contributed by atoms with van der Waals surface area (Å²) in [6, 6.07) is 58.1. The maximum Gasteiger partial charge on any atom is 0.342 e. The number of para-hydroxylation sites is 2. The lowest BCUT2D eigenvalue weighted by atomic mass is 9.96. The van der Waals surface area contributed by atoms with Gasteiger partial charge in [-0.2, -0.15) is 0 Å². The van der Waals surface area contributed by atoms with E-state index in [9.17, 15) is 0 Å². The van der Waals surface area contributed by atoms with Crippen molar-refractivity contribution in [2.45, 2.75) is 6.54 Å². The molecule has 0 spiro atoms. The van der Waals surface area contributed by atoms with Crippen LogP contribution in [0.4, 0.5) is 22.7 Å². The number of nitrogens with zero attached hydrogens (tertiary/aromatic N) is 2. The molecule has 1 aromatic heterocycles. The number of fused-ring (bicyclic) bond motifs is 3. The molecule has 0 atom stereocenters. The average Bonchev–Trinajstić information content (AvgIpc) is 3.78. The monoisotopic (exact) mass is 653 g/mol. The third kappa shape index (κ3) is 4.86. The zero-order chi connectivity index (χ0) is 32.8. The molecule has 49 heavy (non-hydrogen) atoms. The Hall–Kier alpha value is -5.87. The van der Waals surface area contributed by atoms with Crippen LogP contribution in [0.25, 0.3) is 43.8 Å². The summed E-state index contributed by atoms with van der Waals surface area (Å²) in [6.07, 6.45) is 1.65. The van der Waals surface area contributed by atoms with Gasteiger partial charge in [0.15, 0.2) is 0 Å². The molecule has 0 bridgehead atoms. The standard InChI is InChI=1S/C43H32N3O2P/c47-49(44-30-35-22-13-29-48-35)45(40-27-11-20-33-18-9-23-36(42(33)40)31-14-3-1-4-15-31)38-25-7-8-26-39(38)46(49)41-28-12-21-34-19-10-24-37(43(34)41)32-16-5-2-6-17-32/h1-29H,30H2,(H,44,47). The van der Waals surface area contributed by atoms with Gasteiger partial charge in [-0.15, -0.1) is 0 Å². The molecule has 236 valence electrons. The molecular weight excluding hydrogens is 621 g/mol. The van der Waals surface area contributed by atoms with E-state index in [-0.39, 0.29) is 6.54 Å². The first kappa shape index (κ1) is 29.3. The minimum Gasteiger partial charge on any atom is -0.468 e. The topological polar surface area (TPSA) is 48.7 Å². The van der Waals surface area contributed by atoms with Crippen molar-refractivity contribution >= 4 is 51.9 Å². The number of benzene rings is 7. The third-order valence-corrected chi connectivity index (χ3v) is 11.8. The quantitative estimate of drug-likeness (QED) is 0.174. The van der Waals surface area contributed by atoms with Gasteiger partial charge in [0.1, 0.15) is 5.76 Å². The summed E-state index contributed by atoms with van der Waals surface area (Å²) in [6.45, 7) is 0.276. The molecule has 9 rings (SSSR count). The van der Waals surface area contributed by atoms with Crippen LogP contribution in [0.2, 0.25) is 0 Å². The van der Waals surface area contributed by atoms with E-state index in [1.807, 2.05) is 45.7 Å². The highest BCUT2D eigenvalue weighted by Gasteiger charge is 2.49.